The van der Waals surface area contributed by atoms with Crippen LogP contribution in [0.1, 0.15) is 31.2 Å². The van der Waals surface area contributed by atoms with Crippen molar-refractivity contribution in [3.05, 3.63) is 29.6 Å². The smallest absolute Gasteiger partial charge is 0.191 e. The van der Waals surface area contributed by atoms with Crippen LogP contribution in [0.3, 0.4) is 0 Å². The number of rotatable bonds is 8. The van der Waals surface area contributed by atoms with E-state index in [9.17, 15) is 4.39 Å². The Hall–Kier alpha value is -1.09. The van der Waals surface area contributed by atoms with Gasteiger partial charge in [0.1, 0.15) is 5.82 Å². The maximum absolute atomic E-state index is 14.1. The minimum atomic E-state index is -0.208. The first-order valence-electron chi connectivity index (χ1n) is 8.89. The second-order valence-electron chi connectivity index (χ2n) is 7.06. The average Bonchev–Trinajstić information content (AvgIpc) is 2.55. The van der Waals surface area contributed by atoms with Gasteiger partial charge in [0.25, 0.3) is 0 Å². The number of ether oxygens (including phenoxy) is 1. The minimum absolute atomic E-state index is 0. The molecule has 1 fully saturated rings. The summed E-state index contributed by atoms with van der Waals surface area (Å²) in [6, 6.07) is 5.31. The lowest BCUT2D eigenvalue weighted by Gasteiger charge is -2.42. The predicted molar refractivity (Wildman–Crippen MR) is 117 cm³/mol. The minimum Gasteiger partial charge on any atom is -0.385 e. The molecule has 0 atom stereocenters. The standard InChI is InChI=1S/C19H31FN4O.HI/c1-21-18(23-14-19(8-5-9-19)10-11-25-4)22-13-15-6-7-17(24(2)3)16(20)12-15;/h6-7,12H,5,8-11,13-14H2,1-4H3,(H2,21,22,23);1H. The molecule has 0 radical (unpaired) electrons. The number of methoxy groups -OCH3 is 1. The Morgan fingerprint density at radius 1 is 1.31 bits per heavy atom. The average molecular weight is 478 g/mol. The zero-order valence-electron chi connectivity index (χ0n) is 16.3. The van der Waals surface area contributed by atoms with Gasteiger partial charge in [0.2, 0.25) is 0 Å². The topological polar surface area (TPSA) is 48.9 Å². The van der Waals surface area contributed by atoms with E-state index < -0.39 is 0 Å². The molecule has 0 spiro atoms. The Morgan fingerprint density at radius 2 is 2.04 bits per heavy atom. The molecule has 1 aliphatic carbocycles. The highest BCUT2D eigenvalue weighted by atomic mass is 127. The van der Waals surface area contributed by atoms with Gasteiger partial charge in [-0.2, -0.15) is 0 Å². The first-order chi connectivity index (χ1) is 12.0. The maximum Gasteiger partial charge on any atom is 0.191 e. The molecule has 0 unspecified atom stereocenters. The number of halogens is 2. The highest BCUT2D eigenvalue weighted by molar-refractivity contribution is 14.0. The Balaban J connectivity index is 0.00000338. The van der Waals surface area contributed by atoms with Crippen LogP contribution in [0.4, 0.5) is 10.1 Å². The second kappa shape index (κ2) is 10.9. The molecule has 0 amide bonds. The number of benzene rings is 1. The summed E-state index contributed by atoms with van der Waals surface area (Å²) < 4.78 is 19.3. The summed E-state index contributed by atoms with van der Waals surface area (Å²) in [5, 5.41) is 6.68. The van der Waals surface area contributed by atoms with Crippen LogP contribution in [0.5, 0.6) is 0 Å². The lowest BCUT2D eigenvalue weighted by Crippen LogP contribution is -2.46. The molecule has 26 heavy (non-hydrogen) atoms. The SMILES string of the molecule is CN=C(NCc1ccc(N(C)C)c(F)c1)NCC1(CCOC)CCC1.I. The van der Waals surface area contributed by atoms with E-state index in [0.29, 0.717) is 17.6 Å². The van der Waals surface area contributed by atoms with Crippen molar-refractivity contribution in [2.24, 2.45) is 10.4 Å². The van der Waals surface area contributed by atoms with Crippen molar-refractivity contribution in [2.45, 2.75) is 32.2 Å². The molecule has 1 aromatic rings. The van der Waals surface area contributed by atoms with Crippen LogP contribution in [0.15, 0.2) is 23.2 Å². The number of nitrogens with one attached hydrogen (secondary N) is 2. The molecular formula is C19H32FIN4O. The fourth-order valence-electron chi connectivity index (χ4n) is 3.21. The van der Waals surface area contributed by atoms with Gasteiger partial charge >= 0.3 is 0 Å². The van der Waals surface area contributed by atoms with Gasteiger partial charge in [-0.15, -0.1) is 24.0 Å². The predicted octanol–water partition coefficient (Wildman–Crippen LogP) is 3.38. The molecule has 2 rings (SSSR count). The first-order valence-corrected chi connectivity index (χ1v) is 8.89. The molecule has 0 bridgehead atoms. The number of anilines is 1. The fraction of sp³-hybridized carbons (Fsp3) is 0.632. The van der Waals surface area contributed by atoms with Gasteiger partial charge in [-0.3, -0.25) is 4.99 Å². The number of nitrogens with zero attached hydrogens (tertiary/aromatic N) is 2. The number of hydrogen-bond acceptors (Lipinski definition) is 3. The van der Waals surface area contributed by atoms with Crippen molar-refractivity contribution in [3.63, 3.8) is 0 Å². The van der Waals surface area contributed by atoms with E-state index in [1.165, 1.54) is 19.3 Å². The Kier molecular flexibility index (Phi) is 9.63. The molecule has 2 N–H and O–H groups in total. The van der Waals surface area contributed by atoms with Gasteiger partial charge in [-0.1, -0.05) is 12.5 Å². The molecule has 1 saturated carbocycles. The Bertz CT molecular complexity index is 591. The molecule has 0 aromatic heterocycles. The van der Waals surface area contributed by atoms with Gasteiger partial charge in [0.05, 0.1) is 5.69 Å². The number of aliphatic imine (C=N–C) groups is 1. The van der Waals surface area contributed by atoms with E-state index in [1.54, 1.807) is 31.2 Å². The maximum atomic E-state index is 14.1. The van der Waals surface area contributed by atoms with Crippen molar-refractivity contribution in [1.29, 1.82) is 0 Å². The van der Waals surface area contributed by atoms with Crippen LogP contribution in [-0.4, -0.2) is 47.4 Å². The molecular weight excluding hydrogens is 446 g/mol. The summed E-state index contributed by atoms with van der Waals surface area (Å²) in [5.74, 6) is 0.543. The van der Waals surface area contributed by atoms with Crippen molar-refractivity contribution < 1.29 is 9.13 Å². The van der Waals surface area contributed by atoms with E-state index in [1.807, 2.05) is 20.2 Å². The monoisotopic (exact) mass is 478 g/mol. The number of guanidine groups is 1. The van der Waals surface area contributed by atoms with Gasteiger partial charge in [0.15, 0.2) is 5.96 Å². The summed E-state index contributed by atoms with van der Waals surface area (Å²) in [6.45, 7) is 2.23. The van der Waals surface area contributed by atoms with E-state index in [-0.39, 0.29) is 29.8 Å². The van der Waals surface area contributed by atoms with Crippen LogP contribution in [0, 0.1) is 11.2 Å². The van der Waals surface area contributed by atoms with Crippen LogP contribution >= 0.6 is 24.0 Å². The van der Waals surface area contributed by atoms with Crippen LogP contribution in [-0.2, 0) is 11.3 Å². The highest BCUT2D eigenvalue weighted by Crippen LogP contribution is 2.43. The fourth-order valence-corrected chi connectivity index (χ4v) is 3.21. The zero-order valence-corrected chi connectivity index (χ0v) is 18.6. The van der Waals surface area contributed by atoms with Gasteiger partial charge < -0.3 is 20.3 Å². The van der Waals surface area contributed by atoms with Gasteiger partial charge in [0, 0.05) is 47.9 Å². The molecule has 1 aromatic carbocycles. The van der Waals surface area contributed by atoms with E-state index in [0.717, 1.165) is 31.1 Å². The summed E-state index contributed by atoms with van der Waals surface area (Å²) in [4.78, 5) is 6.04. The molecule has 0 saturated heterocycles. The molecule has 0 aliphatic heterocycles. The largest absolute Gasteiger partial charge is 0.385 e. The van der Waals surface area contributed by atoms with Crippen molar-refractivity contribution >= 4 is 35.6 Å². The third-order valence-electron chi connectivity index (χ3n) is 5.06. The first kappa shape index (κ1) is 23.0. The van der Waals surface area contributed by atoms with Crippen molar-refractivity contribution in [2.75, 3.05) is 46.3 Å². The molecule has 7 heteroatoms. The van der Waals surface area contributed by atoms with Gasteiger partial charge in [-0.05, 0) is 42.4 Å². The Labute approximate surface area is 173 Å². The zero-order chi connectivity index (χ0) is 18.3. The lowest BCUT2D eigenvalue weighted by atomic mass is 9.67. The highest BCUT2D eigenvalue weighted by Gasteiger charge is 2.36. The number of hydrogen-bond donors (Lipinski definition) is 2. The summed E-state index contributed by atoms with van der Waals surface area (Å²) in [7, 11) is 7.18. The van der Waals surface area contributed by atoms with E-state index in [4.69, 9.17) is 4.74 Å². The molecule has 0 heterocycles. The Morgan fingerprint density at radius 3 is 2.54 bits per heavy atom. The van der Waals surface area contributed by atoms with Crippen molar-refractivity contribution in [3.8, 4) is 0 Å². The van der Waals surface area contributed by atoms with Crippen molar-refractivity contribution in [1.82, 2.24) is 10.6 Å². The molecule has 5 nitrogen and oxygen atoms in total. The summed E-state index contributed by atoms with van der Waals surface area (Å²) in [6.07, 6.45) is 4.83. The molecule has 1 aliphatic rings. The van der Waals surface area contributed by atoms with Gasteiger partial charge in [-0.25, -0.2) is 4.39 Å². The third kappa shape index (κ3) is 6.26. The summed E-state index contributed by atoms with van der Waals surface area (Å²) >= 11 is 0. The van der Waals surface area contributed by atoms with Crippen LogP contribution < -0.4 is 15.5 Å². The lowest BCUT2D eigenvalue weighted by molar-refractivity contribution is 0.0732. The normalized spacial score (nSPS) is 15.7. The van der Waals surface area contributed by atoms with Crippen LogP contribution in [0.2, 0.25) is 0 Å². The quantitative estimate of drug-likeness (QED) is 0.342. The summed E-state index contributed by atoms with van der Waals surface area (Å²) in [5.41, 5.74) is 1.81. The van der Waals surface area contributed by atoms with Crippen LogP contribution in [0.25, 0.3) is 0 Å². The second-order valence-corrected chi connectivity index (χ2v) is 7.06. The molecule has 148 valence electrons. The van der Waals surface area contributed by atoms with E-state index >= 15 is 0 Å². The van der Waals surface area contributed by atoms with E-state index in [2.05, 4.69) is 15.6 Å². The third-order valence-corrected chi connectivity index (χ3v) is 5.06.